The Morgan fingerprint density at radius 2 is 1.92 bits per heavy atom. The van der Waals surface area contributed by atoms with E-state index in [1.54, 1.807) is 4.90 Å². The number of amides is 1. The zero-order valence-electron chi connectivity index (χ0n) is 14.6. The number of carbonyl (C=O) groups excluding carboxylic acids is 1. The Labute approximate surface area is 149 Å². The highest BCUT2D eigenvalue weighted by Gasteiger charge is 2.18. The molecule has 3 rings (SSSR count). The Kier molecular flexibility index (Phi) is 5.35. The second-order valence-corrected chi connectivity index (χ2v) is 6.52. The van der Waals surface area contributed by atoms with Crippen molar-refractivity contribution < 1.29 is 4.79 Å². The molecule has 1 saturated heterocycles. The second-order valence-electron chi connectivity index (χ2n) is 6.52. The molecule has 128 valence electrons. The van der Waals surface area contributed by atoms with Gasteiger partial charge in [0.2, 0.25) is 0 Å². The maximum atomic E-state index is 12.8. The Bertz CT molecular complexity index is 788. The molecule has 2 aromatic carbocycles. The van der Waals surface area contributed by atoms with Gasteiger partial charge in [-0.1, -0.05) is 30.3 Å². The van der Waals surface area contributed by atoms with Gasteiger partial charge in [0.25, 0.3) is 5.91 Å². The van der Waals surface area contributed by atoms with E-state index in [2.05, 4.69) is 29.2 Å². The van der Waals surface area contributed by atoms with Crippen LogP contribution in [0.25, 0.3) is 0 Å². The predicted molar refractivity (Wildman–Crippen MR) is 99.4 cm³/mol. The van der Waals surface area contributed by atoms with E-state index in [0.717, 1.165) is 18.7 Å². The minimum absolute atomic E-state index is 0.0176. The quantitative estimate of drug-likeness (QED) is 0.839. The summed E-state index contributed by atoms with van der Waals surface area (Å²) in [7, 11) is 1.83. The van der Waals surface area contributed by atoms with Gasteiger partial charge in [0.05, 0.1) is 12.5 Å². The molecular formula is C21H23N3O. The molecule has 0 aliphatic carbocycles. The molecule has 4 heteroatoms. The lowest BCUT2D eigenvalue weighted by Gasteiger charge is -2.24. The molecule has 4 nitrogen and oxygen atoms in total. The summed E-state index contributed by atoms with van der Waals surface area (Å²) < 4.78 is 0. The number of hydrogen-bond donors (Lipinski definition) is 0. The van der Waals surface area contributed by atoms with Crippen molar-refractivity contribution in [3.05, 3.63) is 65.2 Å². The first-order valence-electron chi connectivity index (χ1n) is 8.73. The Morgan fingerprint density at radius 1 is 1.16 bits per heavy atom. The third-order valence-electron chi connectivity index (χ3n) is 4.65. The molecule has 0 N–H and O–H groups in total. The van der Waals surface area contributed by atoms with Crippen LogP contribution >= 0.6 is 0 Å². The molecule has 1 fully saturated rings. The SMILES string of the molecule is CN(Cc1ccccc1N1CCCC1)C(=O)c1cccc(CC#N)c1. The van der Waals surface area contributed by atoms with E-state index < -0.39 is 0 Å². The maximum absolute atomic E-state index is 12.8. The summed E-state index contributed by atoms with van der Waals surface area (Å²) in [5, 5.41) is 8.84. The molecule has 0 radical (unpaired) electrons. The summed E-state index contributed by atoms with van der Waals surface area (Å²) in [6.45, 7) is 2.75. The van der Waals surface area contributed by atoms with Gasteiger partial charge in [-0.25, -0.2) is 0 Å². The second kappa shape index (κ2) is 7.85. The first-order valence-corrected chi connectivity index (χ1v) is 8.73. The number of nitrogens with zero attached hydrogens (tertiary/aromatic N) is 3. The zero-order chi connectivity index (χ0) is 17.6. The van der Waals surface area contributed by atoms with Crippen molar-refractivity contribution in [2.75, 3.05) is 25.0 Å². The Morgan fingerprint density at radius 3 is 2.68 bits per heavy atom. The smallest absolute Gasteiger partial charge is 0.253 e. The minimum Gasteiger partial charge on any atom is -0.371 e. The summed E-state index contributed by atoms with van der Waals surface area (Å²) in [6, 6.07) is 17.8. The molecule has 0 atom stereocenters. The molecule has 1 aliphatic rings. The van der Waals surface area contributed by atoms with E-state index in [0.29, 0.717) is 18.5 Å². The number of rotatable bonds is 5. The number of carbonyl (C=O) groups is 1. The van der Waals surface area contributed by atoms with E-state index >= 15 is 0 Å². The molecule has 0 spiro atoms. The van der Waals surface area contributed by atoms with Crippen molar-refractivity contribution in [1.29, 1.82) is 5.26 Å². The standard InChI is InChI=1S/C21H23N3O/c1-23(21(25)18-9-6-7-17(15-18)11-12-22)16-19-8-2-3-10-20(19)24-13-4-5-14-24/h2-3,6-10,15H,4-5,11,13-14,16H2,1H3. The predicted octanol–water partition coefficient (Wildman–Crippen LogP) is 3.63. The van der Waals surface area contributed by atoms with Crippen LogP contribution in [0.15, 0.2) is 48.5 Å². The third-order valence-corrected chi connectivity index (χ3v) is 4.65. The van der Waals surface area contributed by atoms with Gasteiger partial charge in [-0.3, -0.25) is 4.79 Å². The van der Waals surface area contributed by atoms with Crippen LogP contribution in [0, 0.1) is 11.3 Å². The van der Waals surface area contributed by atoms with Crippen LogP contribution in [0.2, 0.25) is 0 Å². The molecule has 0 unspecified atom stereocenters. The van der Waals surface area contributed by atoms with Gasteiger partial charge in [-0.2, -0.15) is 5.26 Å². The van der Waals surface area contributed by atoms with Crippen molar-refractivity contribution in [2.45, 2.75) is 25.8 Å². The molecule has 1 amide bonds. The normalized spacial score (nSPS) is 13.5. The highest BCUT2D eigenvalue weighted by molar-refractivity contribution is 5.94. The topological polar surface area (TPSA) is 47.3 Å². The van der Waals surface area contributed by atoms with E-state index in [1.807, 2.05) is 37.4 Å². The maximum Gasteiger partial charge on any atom is 0.253 e. The van der Waals surface area contributed by atoms with Crippen LogP contribution in [-0.4, -0.2) is 30.9 Å². The van der Waals surface area contributed by atoms with Crippen molar-refractivity contribution in [3.63, 3.8) is 0 Å². The molecule has 1 heterocycles. The minimum atomic E-state index is -0.0176. The number of hydrogen-bond acceptors (Lipinski definition) is 3. The Hall–Kier alpha value is -2.80. The fourth-order valence-electron chi connectivity index (χ4n) is 3.36. The number of anilines is 1. The van der Waals surface area contributed by atoms with E-state index in [9.17, 15) is 4.79 Å². The molecule has 25 heavy (non-hydrogen) atoms. The fourth-order valence-corrected chi connectivity index (χ4v) is 3.36. The summed E-state index contributed by atoms with van der Waals surface area (Å²) in [5.74, 6) is -0.0176. The van der Waals surface area contributed by atoms with E-state index in [1.165, 1.54) is 24.1 Å². The molecule has 1 aliphatic heterocycles. The van der Waals surface area contributed by atoms with Gasteiger partial charge >= 0.3 is 0 Å². The summed E-state index contributed by atoms with van der Waals surface area (Å²) in [5.41, 5.74) is 3.92. The molecule has 0 bridgehead atoms. The highest BCUT2D eigenvalue weighted by atomic mass is 16.2. The van der Waals surface area contributed by atoms with Crippen molar-refractivity contribution in [2.24, 2.45) is 0 Å². The van der Waals surface area contributed by atoms with Gasteiger partial charge in [-0.15, -0.1) is 0 Å². The van der Waals surface area contributed by atoms with Crippen LogP contribution in [0.5, 0.6) is 0 Å². The molecule has 0 aromatic heterocycles. The molecule has 2 aromatic rings. The first-order chi connectivity index (χ1) is 12.2. The van der Waals surface area contributed by atoms with E-state index in [4.69, 9.17) is 5.26 Å². The van der Waals surface area contributed by atoms with Crippen molar-refractivity contribution in [1.82, 2.24) is 4.90 Å². The molecule has 0 saturated carbocycles. The van der Waals surface area contributed by atoms with Crippen LogP contribution in [0.4, 0.5) is 5.69 Å². The summed E-state index contributed by atoms with van der Waals surface area (Å²) in [6.07, 6.45) is 2.78. The molecular weight excluding hydrogens is 310 g/mol. The van der Waals surface area contributed by atoms with Crippen LogP contribution in [0.3, 0.4) is 0 Å². The van der Waals surface area contributed by atoms with Gasteiger partial charge in [0, 0.05) is 37.9 Å². The fraction of sp³-hybridized carbons (Fsp3) is 0.333. The number of nitriles is 1. The van der Waals surface area contributed by atoms with Gasteiger partial charge in [-0.05, 0) is 42.2 Å². The monoisotopic (exact) mass is 333 g/mol. The largest absolute Gasteiger partial charge is 0.371 e. The van der Waals surface area contributed by atoms with Gasteiger partial charge in [0.15, 0.2) is 0 Å². The lowest BCUT2D eigenvalue weighted by molar-refractivity contribution is 0.0785. The zero-order valence-corrected chi connectivity index (χ0v) is 14.6. The first kappa shape index (κ1) is 17.0. The highest BCUT2D eigenvalue weighted by Crippen LogP contribution is 2.25. The van der Waals surface area contributed by atoms with Crippen LogP contribution < -0.4 is 4.90 Å². The number of para-hydroxylation sites is 1. The summed E-state index contributed by atoms with van der Waals surface area (Å²) in [4.78, 5) is 16.9. The lowest BCUT2D eigenvalue weighted by atomic mass is 10.1. The third kappa shape index (κ3) is 4.00. The number of benzene rings is 2. The average Bonchev–Trinajstić information content (AvgIpc) is 3.16. The van der Waals surface area contributed by atoms with Crippen molar-refractivity contribution in [3.8, 4) is 6.07 Å². The van der Waals surface area contributed by atoms with E-state index in [-0.39, 0.29) is 5.91 Å². The summed E-state index contributed by atoms with van der Waals surface area (Å²) >= 11 is 0. The van der Waals surface area contributed by atoms with Crippen LogP contribution in [-0.2, 0) is 13.0 Å². The van der Waals surface area contributed by atoms with Crippen molar-refractivity contribution >= 4 is 11.6 Å². The lowest BCUT2D eigenvalue weighted by Crippen LogP contribution is -2.28. The van der Waals surface area contributed by atoms with Crippen LogP contribution in [0.1, 0.15) is 34.3 Å². The van der Waals surface area contributed by atoms with Gasteiger partial charge < -0.3 is 9.80 Å². The van der Waals surface area contributed by atoms with Gasteiger partial charge in [0.1, 0.15) is 0 Å². The average molecular weight is 333 g/mol. The Balaban J connectivity index is 1.76.